The number of benzene rings is 1. The fourth-order valence-corrected chi connectivity index (χ4v) is 5.73. The molecule has 1 saturated carbocycles. The fourth-order valence-electron chi connectivity index (χ4n) is 4.28. The van der Waals surface area contributed by atoms with Crippen LogP contribution in [0.3, 0.4) is 0 Å². The zero-order chi connectivity index (χ0) is 24.5. The van der Waals surface area contributed by atoms with Gasteiger partial charge in [-0.1, -0.05) is 11.8 Å². The van der Waals surface area contributed by atoms with Crippen molar-refractivity contribution in [3.8, 4) is 18.2 Å². The van der Waals surface area contributed by atoms with Gasteiger partial charge >= 0.3 is 0 Å². The molecule has 178 valence electrons. The lowest BCUT2D eigenvalue weighted by Crippen LogP contribution is -2.38. The van der Waals surface area contributed by atoms with Crippen molar-refractivity contribution in [2.24, 2.45) is 16.6 Å². The smallest absolute Gasteiger partial charge is 0.275 e. The average Bonchev–Trinajstić information content (AvgIpc) is 3.51. The minimum Gasteiger partial charge on any atom is -0.476 e. The third-order valence-electron chi connectivity index (χ3n) is 5.93. The number of rotatable bonds is 8. The first-order valence-corrected chi connectivity index (χ1v) is 11.3. The number of aromatic nitrogens is 2. The predicted octanol–water partition coefficient (Wildman–Crippen LogP) is 3.09. The minimum absolute atomic E-state index is 0.0115. The Balaban J connectivity index is 1.57. The van der Waals surface area contributed by atoms with E-state index in [1.54, 1.807) is 14.0 Å². The summed E-state index contributed by atoms with van der Waals surface area (Å²) in [5.41, 5.74) is 4.98. The molecule has 1 aliphatic heterocycles. The maximum Gasteiger partial charge on any atom is 0.275 e. The van der Waals surface area contributed by atoms with Crippen molar-refractivity contribution < 1.29 is 23.0 Å². The van der Waals surface area contributed by atoms with Crippen molar-refractivity contribution in [2.75, 3.05) is 25.6 Å². The number of aliphatic imine (C=N–C) groups is 1. The van der Waals surface area contributed by atoms with E-state index < -0.39 is 23.1 Å². The molecule has 8 nitrogen and oxygen atoms in total. The number of anilines is 1. The molecule has 0 saturated heterocycles. The molecule has 0 radical (unpaired) electrons. The molecule has 0 bridgehead atoms. The Morgan fingerprint density at radius 2 is 2.18 bits per heavy atom. The number of hydrogen-bond acceptors (Lipinski definition) is 8. The highest BCUT2D eigenvalue weighted by molar-refractivity contribution is 8.15. The van der Waals surface area contributed by atoms with Crippen LogP contribution in [0.1, 0.15) is 35.8 Å². The van der Waals surface area contributed by atoms with Crippen molar-refractivity contribution in [3.05, 3.63) is 47.4 Å². The second-order valence-electron chi connectivity index (χ2n) is 8.27. The Hall–Kier alpha value is -3.23. The second kappa shape index (κ2) is 9.19. The molecular formula is C23H23F2N5O3S. The number of fused-ring (bicyclic) bond motifs is 1. The number of halogens is 2. The van der Waals surface area contributed by atoms with E-state index in [1.165, 1.54) is 30.2 Å². The van der Waals surface area contributed by atoms with E-state index in [9.17, 15) is 13.6 Å². The first-order chi connectivity index (χ1) is 16.2. The Kier molecular flexibility index (Phi) is 6.47. The summed E-state index contributed by atoms with van der Waals surface area (Å²) in [7, 11) is 1.58. The van der Waals surface area contributed by atoms with E-state index in [1.807, 2.05) is 0 Å². The van der Waals surface area contributed by atoms with Crippen LogP contribution in [-0.2, 0) is 10.3 Å². The number of amidine groups is 1. The van der Waals surface area contributed by atoms with E-state index in [0.29, 0.717) is 19.4 Å². The van der Waals surface area contributed by atoms with E-state index in [0.717, 1.165) is 6.07 Å². The maximum atomic E-state index is 15.0. The maximum absolute atomic E-state index is 15.0. The standard InChI is InChI=1S/C23H23F2N5O3S/c1-4-5-6-33-18-11-27-16(10-28-18)20(31)29-13-7-14(19(25)15(24)8-13)22(2)17-9-23(17,12-32-3)34-21(26)30-22/h1,7-8,10-11,17H,5-6,9,12H2,2-3H3,(H2,26,30)(H,29,31)/t17-,22-,23+/m0/s1. The van der Waals surface area contributed by atoms with E-state index in [2.05, 4.69) is 26.2 Å². The summed E-state index contributed by atoms with van der Waals surface area (Å²) in [4.78, 5) is 25.1. The number of hydrogen-bond donors (Lipinski definition) is 2. The van der Waals surface area contributed by atoms with Crippen LogP contribution < -0.4 is 15.8 Å². The van der Waals surface area contributed by atoms with Gasteiger partial charge in [-0.15, -0.1) is 12.3 Å². The van der Waals surface area contributed by atoms with Crippen LogP contribution in [0.2, 0.25) is 0 Å². The lowest BCUT2D eigenvalue weighted by Gasteiger charge is -2.34. The Morgan fingerprint density at radius 3 is 2.85 bits per heavy atom. The van der Waals surface area contributed by atoms with Gasteiger partial charge in [-0.05, 0) is 19.4 Å². The highest BCUT2D eigenvalue weighted by atomic mass is 32.2. The lowest BCUT2D eigenvalue weighted by molar-refractivity contribution is 0.102. The number of ether oxygens (including phenoxy) is 2. The van der Waals surface area contributed by atoms with Gasteiger partial charge < -0.3 is 20.5 Å². The number of nitrogens with two attached hydrogens (primary N) is 1. The Morgan fingerprint density at radius 1 is 1.38 bits per heavy atom. The van der Waals surface area contributed by atoms with Crippen LogP contribution in [0.15, 0.2) is 29.5 Å². The molecular weight excluding hydrogens is 464 g/mol. The predicted molar refractivity (Wildman–Crippen MR) is 125 cm³/mol. The van der Waals surface area contributed by atoms with E-state index in [-0.39, 0.29) is 45.3 Å². The van der Waals surface area contributed by atoms with Crippen LogP contribution in [-0.4, -0.2) is 46.1 Å². The van der Waals surface area contributed by atoms with Gasteiger partial charge in [0.1, 0.15) is 12.3 Å². The normalized spacial score (nSPS) is 25.0. The van der Waals surface area contributed by atoms with Gasteiger partial charge in [-0.3, -0.25) is 9.79 Å². The molecule has 2 aromatic rings. The molecule has 1 aliphatic carbocycles. The van der Waals surface area contributed by atoms with E-state index >= 15 is 0 Å². The lowest BCUT2D eigenvalue weighted by atomic mass is 9.85. The fraction of sp³-hybridized carbons (Fsp3) is 0.391. The van der Waals surface area contributed by atoms with Crippen LogP contribution in [0.4, 0.5) is 14.5 Å². The number of amides is 1. The largest absolute Gasteiger partial charge is 0.476 e. The monoisotopic (exact) mass is 487 g/mol. The SMILES string of the molecule is C#CCCOc1cnc(C(=O)Nc2cc(F)c(F)c([C@]3(C)N=C(N)S[C@@]4(COC)C[C@H]43)c2)cn1. The van der Waals surface area contributed by atoms with Gasteiger partial charge in [0.2, 0.25) is 5.88 Å². The van der Waals surface area contributed by atoms with Crippen molar-refractivity contribution in [1.29, 1.82) is 0 Å². The summed E-state index contributed by atoms with van der Waals surface area (Å²) < 4.78 is 39.9. The van der Waals surface area contributed by atoms with Crippen molar-refractivity contribution in [3.63, 3.8) is 0 Å². The Bertz CT molecular complexity index is 1190. The number of carbonyl (C=O) groups excluding carboxylic acids is 1. The second-order valence-corrected chi connectivity index (χ2v) is 9.71. The first kappa shape index (κ1) is 23.9. The van der Waals surface area contributed by atoms with Gasteiger partial charge in [-0.25, -0.2) is 18.7 Å². The minimum atomic E-state index is -1.11. The summed E-state index contributed by atoms with van der Waals surface area (Å²) in [6, 6.07) is 2.29. The van der Waals surface area contributed by atoms with Crippen molar-refractivity contribution in [1.82, 2.24) is 9.97 Å². The molecule has 0 unspecified atom stereocenters. The molecule has 1 aromatic heterocycles. The molecule has 0 spiro atoms. The zero-order valence-corrected chi connectivity index (χ0v) is 19.4. The average molecular weight is 488 g/mol. The van der Waals surface area contributed by atoms with Crippen molar-refractivity contribution in [2.45, 2.75) is 30.1 Å². The molecule has 4 rings (SSSR count). The van der Waals surface area contributed by atoms with Gasteiger partial charge in [0.15, 0.2) is 16.8 Å². The van der Waals surface area contributed by atoms with Crippen LogP contribution in [0.5, 0.6) is 5.88 Å². The van der Waals surface area contributed by atoms with E-state index in [4.69, 9.17) is 21.6 Å². The number of nitrogens with zero attached hydrogens (tertiary/aromatic N) is 3. The third kappa shape index (κ3) is 4.43. The summed E-state index contributed by atoms with van der Waals surface area (Å²) in [5.74, 6) is -0.248. The highest BCUT2D eigenvalue weighted by Crippen LogP contribution is 2.66. The van der Waals surface area contributed by atoms with Gasteiger partial charge in [0, 0.05) is 36.8 Å². The Labute approximate surface area is 199 Å². The van der Waals surface area contributed by atoms with Crippen molar-refractivity contribution >= 4 is 28.5 Å². The number of thioether (sulfide) groups is 1. The molecule has 34 heavy (non-hydrogen) atoms. The number of carbonyl (C=O) groups is 1. The van der Waals surface area contributed by atoms with Gasteiger partial charge in [-0.2, -0.15) is 0 Å². The van der Waals surface area contributed by atoms with Gasteiger partial charge in [0.25, 0.3) is 5.91 Å². The van der Waals surface area contributed by atoms with Gasteiger partial charge in [0.05, 0.1) is 29.3 Å². The quantitative estimate of drug-likeness (QED) is 0.435. The van der Waals surface area contributed by atoms with Crippen LogP contribution in [0.25, 0.3) is 0 Å². The summed E-state index contributed by atoms with van der Waals surface area (Å²) in [6.07, 6.45) is 8.76. The molecule has 1 amide bonds. The molecule has 3 N–H and O–H groups in total. The third-order valence-corrected chi connectivity index (χ3v) is 7.21. The number of terminal acetylenes is 1. The molecule has 3 atom stereocenters. The van der Waals surface area contributed by atoms with Crippen LogP contribution >= 0.6 is 11.8 Å². The topological polar surface area (TPSA) is 112 Å². The number of methoxy groups -OCH3 is 1. The summed E-state index contributed by atoms with van der Waals surface area (Å²) in [6.45, 7) is 2.40. The molecule has 2 aliphatic rings. The highest BCUT2D eigenvalue weighted by Gasteiger charge is 2.66. The molecule has 11 heteroatoms. The molecule has 1 aromatic carbocycles. The molecule has 1 fully saturated rings. The first-order valence-electron chi connectivity index (χ1n) is 10.4. The summed E-state index contributed by atoms with van der Waals surface area (Å²) in [5, 5.41) is 2.82. The molecule has 2 heterocycles. The van der Waals surface area contributed by atoms with Crippen LogP contribution in [0, 0.1) is 29.9 Å². The zero-order valence-electron chi connectivity index (χ0n) is 18.6. The number of nitrogens with one attached hydrogen (secondary N) is 1. The summed E-state index contributed by atoms with van der Waals surface area (Å²) >= 11 is 1.40.